The van der Waals surface area contributed by atoms with E-state index >= 15 is 0 Å². The maximum atomic E-state index is 8.78. The summed E-state index contributed by atoms with van der Waals surface area (Å²) in [5.74, 6) is 1.17. The first-order valence-electron chi connectivity index (χ1n) is 8.17. The molecule has 0 saturated carbocycles. The molecule has 0 aliphatic carbocycles. The van der Waals surface area contributed by atoms with Crippen LogP contribution in [0.4, 0.5) is 11.8 Å². The third kappa shape index (κ3) is 5.75. The van der Waals surface area contributed by atoms with Gasteiger partial charge in [0.15, 0.2) is 0 Å². The fourth-order valence-electron chi connectivity index (χ4n) is 2.18. The molecule has 0 radical (unpaired) electrons. The Kier molecular flexibility index (Phi) is 7.91. The third-order valence-corrected chi connectivity index (χ3v) is 4.34. The molecular formula is C18H24N6OS. The van der Waals surface area contributed by atoms with Crippen LogP contribution in [0.1, 0.15) is 11.1 Å². The molecule has 0 saturated heterocycles. The zero-order chi connectivity index (χ0) is 18.8. The summed E-state index contributed by atoms with van der Waals surface area (Å²) in [5, 5.41) is 15.2. The predicted molar refractivity (Wildman–Crippen MR) is 109 cm³/mol. The maximum Gasteiger partial charge on any atom is 0.229 e. The van der Waals surface area contributed by atoms with Crippen molar-refractivity contribution in [2.45, 2.75) is 18.4 Å². The number of aromatic nitrogens is 2. The summed E-state index contributed by atoms with van der Waals surface area (Å²) in [5.41, 5.74) is 8.30. The zero-order valence-corrected chi connectivity index (χ0v) is 15.8. The highest BCUT2D eigenvalue weighted by Gasteiger charge is 2.06. The monoisotopic (exact) mass is 372 g/mol. The van der Waals surface area contributed by atoms with Crippen molar-refractivity contribution in [2.24, 2.45) is 10.7 Å². The minimum absolute atomic E-state index is 0.0129. The van der Waals surface area contributed by atoms with E-state index in [0.29, 0.717) is 24.7 Å². The van der Waals surface area contributed by atoms with Crippen LogP contribution in [0.15, 0.2) is 52.2 Å². The number of nitrogens with two attached hydrogens (primary N) is 1. The van der Waals surface area contributed by atoms with Gasteiger partial charge in [0.25, 0.3) is 0 Å². The number of benzene rings is 1. The summed E-state index contributed by atoms with van der Waals surface area (Å²) >= 11 is 1.72. The lowest BCUT2D eigenvalue weighted by Crippen LogP contribution is -2.10. The Labute approximate surface area is 157 Å². The summed E-state index contributed by atoms with van der Waals surface area (Å²) < 4.78 is 0. The van der Waals surface area contributed by atoms with Gasteiger partial charge in [0.05, 0.1) is 18.8 Å². The first-order chi connectivity index (χ1) is 12.7. The minimum atomic E-state index is -0.0129. The molecule has 1 heterocycles. The lowest BCUT2D eigenvalue weighted by atomic mass is 10.2. The SMILES string of the molecule is CSc1ccccc1CNc1nc(NC(C=NCCO)=CN)ncc1C. The molecule has 1 aromatic heterocycles. The number of allylic oxidation sites excluding steroid dienone is 1. The zero-order valence-electron chi connectivity index (χ0n) is 14.9. The number of aliphatic hydroxyl groups excluding tert-OH is 1. The molecule has 0 spiro atoms. The highest BCUT2D eigenvalue weighted by atomic mass is 32.2. The van der Waals surface area contributed by atoms with E-state index in [0.717, 1.165) is 11.4 Å². The highest BCUT2D eigenvalue weighted by Crippen LogP contribution is 2.21. The van der Waals surface area contributed by atoms with Gasteiger partial charge in [0.1, 0.15) is 5.82 Å². The van der Waals surface area contributed by atoms with Crippen molar-refractivity contribution in [1.82, 2.24) is 9.97 Å². The molecule has 0 aliphatic heterocycles. The number of anilines is 2. The second-order valence-corrected chi connectivity index (χ2v) is 6.24. The molecule has 0 unspecified atom stereocenters. The van der Waals surface area contributed by atoms with Crippen LogP contribution >= 0.6 is 11.8 Å². The topological polar surface area (TPSA) is 108 Å². The molecule has 7 nitrogen and oxygen atoms in total. The average Bonchev–Trinajstić information content (AvgIpc) is 2.67. The molecule has 1 aromatic carbocycles. The van der Waals surface area contributed by atoms with Gasteiger partial charge < -0.3 is 21.5 Å². The van der Waals surface area contributed by atoms with Gasteiger partial charge in [-0.2, -0.15) is 4.98 Å². The van der Waals surface area contributed by atoms with Crippen LogP contribution in [-0.2, 0) is 6.54 Å². The van der Waals surface area contributed by atoms with Crippen molar-refractivity contribution >= 4 is 29.7 Å². The van der Waals surface area contributed by atoms with E-state index in [-0.39, 0.29) is 6.61 Å². The Morgan fingerprint density at radius 1 is 1.38 bits per heavy atom. The van der Waals surface area contributed by atoms with Crippen LogP contribution in [-0.4, -0.2) is 40.7 Å². The number of aryl methyl sites for hydroxylation is 1. The lowest BCUT2D eigenvalue weighted by molar-refractivity contribution is 0.307. The molecule has 5 N–H and O–H groups in total. The van der Waals surface area contributed by atoms with E-state index in [9.17, 15) is 0 Å². The lowest BCUT2D eigenvalue weighted by Gasteiger charge is -2.12. The number of aliphatic hydroxyl groups is 1. The molecule has 0 bridgehead atoms. The van der Waals surface area contributed by atoms with Gasteiger partial charge in [0, 0.05) is 35.6 Å². The van der Waals surface area contributed by atoms with E-state index < -0.39 is 0 Å². The van der Waals surface area contributed by atoms with Gasteiger partial charge in [-0.05, 0) is 24.8 Å². The van der Waals surface area contributed by atoms with Crippen molar-refractivity contribution in [2.75, 3.05) is 30.0 Å². The molecular weight excluding hydrogens is 348 g/mol. The fraction of sp³-hybridized carbons (Fsp3) is 0.278. The summed E-state index contributed by atoms with van der Waals surface area (Å²) in [6, 6.07) is 8.26. The van der Waals surface area contributed by atoms with Crippen LogP contribution in [0.25, 0.3) is 0 Å². The molecule has 138 valence electrons. The van der Waals surface area contributed by atoms with Crippen molar-refractivity contribution in [3.63, 3.8) is 0 Å². The minimum Gasteiger partial charge on any atom is -0.403 e. The van der Waals surface area contributed by atoms with Crippen LogP contribution < -0.4 is 16.4 Å². The van der Waals surface area contributed by atoms with E-state index in [1.807, 2.05) is 19.1 Å². The van der Waals surface area contributed by atoms with Crippen LogP contribution in [0.2, 0.25) is 0 Å². The Hall–Kier alpha value is -2.58. The molecule has 2 aromatic rings. The first-order valence-corrected chi connectivity index (χ1v) is 9.39. The van der Waals surface area contributed by atoms with Gasteiger partial charge >= 0.3 is 0 Å². The van der Waals surface area contributed by atoms with Gasteiger partial charge in [-0.25, -0.2) is 4.98 Å². The number of hydrogen-bond donors (Lipinski definition) is 4. The molecule has 0 atom stereocenters. The first kappa shape index (κ1) is 19.7. The van der Waals surface area contributed by atoms with E-state index in [2.05, 4.69) is 44.0 Å². The number of nitrogens with zero attached hydrogens (tertiary/aromatic N) is 3. The number of nitrogens with one attached hydrogen (secondary N) is 2. The summed E-state index contributed by atoms with van der Waals surface area (Å²) in [4.78, 5) is 14.0. The van der Waals surface area contributed by atoms with E-state index in [4.69, 9.17) is 10.8 Å². The predicted octanol–water partition coefficient (Wildman–Crippen LogP) is 2.39. The smallest absolute Gasteiger partial charge is 0.229 e. The van der Waals surface area contributed by atoms with E-state index in [1.54, 1.807) is 24.2 Å². The Morgan fingerprint density at radius 3 is 2.92 bits per heavy atom. The van der Waals surface area contributed by atoms with Gasteiger partial charge in [0.2, 0.25) is 5.95 Å². The van der Waals surface area contributed by atoms with Crippen molar-refractivity contribution in [3.05, 3.63) is 53.5 Å². The normalized spacial score (nSPS) is 11.7. The second kappa shape index (κ2) is 10.4. The molecule has 2 rings (SSSR count). The molecule has 0 fully saturated rings. The van der Waals surface area contributed by atoms with Crippen LogP contribution in [0, 0.1) is 6.92 Å². The van der Waals surface area contributed by atoms with Gasteiger partial charge in [-0.1, -0.05) is 18.2 Å². The van der Waals surface area contributed by atoms with Crippen LogP contribution in [0.3, 0.4) is 0 Å². The standard InChI is InChI=1S/C18H24N6OS/c1-13-10-22-18(23-15(9-19)12-20-7-8-25)24-17(13)21-11-14-5-3-4-6-16(14)26-2/h3-6,9-10,12,25H,7-8,11,19H2,1-2H3,(H2,21,22,23,24). The second-order valence-electron chi connectivity index (χ2n) is 5.40. The Balaban J connectivity index is 2.09. The molecule has 8 heteroatoms. The van der Waals surface area contributed by atoms with Gasteiger partial charge in [-0.3, -0.25) is 4.99 Å². The average molecular weight is 372 g/mol. The van der Waals surface area contributed by atoms with Crippen molar-refractivity contribution < 1.29 is 5.11 Å². The molecule has 0 amide bonds. The number of rotatable bonds is 9. The quantitative estimate of drug-likeness (QED) is 0.395. The number of aliphatic imine (C=N–C) groups is 1. The summed E-state index contributed by atoms with van der Waals surface area (Å²) in [6.07, 6.45) is 6.74. The number of thioether (sulfide) groups is 1. The number of hydrogen-bond acceptors (Lipinski definition) is 8. The Morgan fingerprint density at radius 2 is 2.19 bits per heavy atom. The van der Waals surface area contributed by atoms with E-state index in [1.165, 1.54) is 16.7 Å². The highest BCUT2D eigenvalue weighted by molar-refractivity contribution is 7.98. The summed E-state index contributed by atoms with van der Waals surface area (Å²) in [6.45, 7) is 2.93. The fourth-order valence-corrected chi connectivity index (χ4v) is 2.79. The van der Waals surface area contributed by atoms with Crippen molar-refractivity contribution in [1.29, 1.82) is 0 Å². The molecule has 26 heavy (non-hydrogen) atoms. The Bertz CT molecular complexity index is 778. The summed E-state index contributed by atoms with van der Waals surface area (Å²) in [7, 11) is 0. The third-order valence-electron chi connectivity index (χ3n) is 3.51. The molecule has 0 aliphatic rings. The van der Waals surface area contributed by atoms with Gasteiger partial charge in [-0.15, -0.1) is 11.8 Å². The largest absolute Gasteiger partial charge is 0.403 e. The van der Waals surface area contributed by atoms with Crippen molar-refractivity contribution in [3.8, 4) is 0 Å². The maximum absolute atomic E-state index is 8.78. The van der Waals surface area contributed by atoms with Crippen LogP contribution in [0.5, 0.6) is 0 Å².